The number of nitrogens with zero attached hydrogens (tertiary/aromatic N) is 1. The molecule has 0 spiro atoms. The molecule has 5 nitrogen and oxygen atoms in total. The molecule has 3 aromatic rings. The lowest BCUT2D eigenvalue weighted by molar-refractivity contribution is 0.0721. The molecule has 0 fully saturated rings. The van der Waals surface area contributed by atoms with E-state index in [1.54, 1.807) is 11.9 Å². The number of aromatic nitrogens is 1. The molecule has 26 heavy (non-hydrogen) atoms. The number of aryl methyl sites for hydroxylation is 1. The number of H-pyrrole nitrogens is 1. The highest BCUT2D eigenvalue weighted by Crippen LogP contribution is 2.30. The van der Waals surface area contributed by atoms with Crippen molar-refractivity contribution in [2.45, 2.75) is 39.2 Å². The Labute approximate surface area is 152 Å². The number of benzene rings is 1. The zero-order valence-corrected chi connectivity index (χ0v) is 15.3. The quantitative estimate of drug-likeness (QED) is 0.760. The molecular weight excluding hydrogens is 328 g/mol. The fourth-order valence-electron chi connectivity index (χ4n) is 3.74. The van der Waals surface area contributed by atoms with Crippen LogP contribution < -0.4 is 0 Å². The minimum atomic E-state index is -0.217. The first-order valence-corrected chi connectivity index (χ1v) is 8.97. The third-order valence-corrected chi connectivity index (χ3v) is 5.41. The van der Waals surface area contributed by atoms with Gasteiger partial charge < -0.3 is 14.3 Å². The van der Waals surface area contributed by atoms with Crippen LogP contribution in [0.5, 0.6) is 0 Å². The Balaban J connectivity index is 1.64. The molecule has 5 heteroatoms. The van der Waals surface area contributed by atoms with Gasteiger partial charge in [-0.05, 0) is 44.4 Å². The summed E-state index contributed by atoms with van der Waals surface area (Å²) in [4.78, 5) is 30.1. The van der Waals surface area contributed by atoms with Crippen LogP contribution in [0.2, 0.25) is 0 Å². The second-order valence-electron chi connectivity index (χ2n) is 7.03. The average Bonchev–Trinajstić information content (AvgIpc) is 3.22. The normalized spacial score (nSPS) is 15.1. The number of aromatic amines is 1. The molecule has 1 aliphatic rings. The number of hydrogen-bond donors (Lipinski definition) is 1. The summed E-state index contributed by atoms with van der Waals surface area (Å²) in [5.41, 5.74) is 3.69. The third kappa shape index (κ3) is 2.55. The van der Waals surface area contributed by atoms with E-state index >= 15 is 0 Å². The highest BCUT2D eigenvalue weighted by atomic mass is 16.3. The molecular formula is C21H22N2O3. The number of furan rings is 1. The molecule has 1 amide bonds. The van der Waals surface area contributed by atoms with Gasteiger partial charge in [0.2, 0.25) is 0 Å². The number of Topliss-reactive ketones (excluding diaryl/α,β-unsaturated/α-hetero) is 1. The van der Waals surface area contributed by atoms with E-state index in [4.69, 9.17) is 4.42 Å². The van der Waals surface area contributed by atoms with Crippen LogP contribution in [0.15, 0.2) is 34.7 Å². The summed E-state index contributed by atoms with van der Waals surface area (Å²) >= 11 is 0. The molecule has 1 N–H and O–H groups in total. The Morgan fingerprint density at radius 1 is 1.27 bits per heavy atom. The van der Waals surface area contributed by atoms with E-state index in [9.17, 15) is 9.59 Å². The molecule has 1 aromatic carbocycles. The van der Waals surface area contributed by atoms with Crippen molar-refractivity contribution in [2.75, 3.05) is 7.05 Å². The van der Waals surface area contributed by atoms with E-state index in [2.05, 4.69) is 4.98 Å². The van der Waals surface area contributed by atoms with Gasteiger partial charge in [-0.1, -0.05) is 18.2 Å². The summed E-state index contributed by atoms with van der Waals surface area (Å²) in [6.07, 6.45) is 2.22. The standard InChI is InChI=1S/C21H22N2O3/c1-12-19-15(8-6-9-16(19)24)22-20(12)21(25)23(3)13(2)18-11-14-7-4-5-10-17(14)26-18/h4-5,7,10-11,13,22H,6,8-9H2,1-3H3. The fraction of sp³-hybridized carbons (Fsp3) is 0.333. The van der Waals surface area contributed by atoms with Crippen molar-refractivity contribution in [1.29, 1.82) is 0 Å². The zero-order chi connectivity index (χ0) is 18.4. The number of hydrogen-bond acceptors (Lipinski definition) is 3. The van der Waals surface area contributed by atoms with Gasteiger partial charge in [0, 0.05) is 30.1 Å². The first-order chi connectivity index (χ1) is 12.5. The number of rotatable bonds is 3. The molecule has 0 saturated carbocycles. The SMILES string of the molecule is Cc1c(C(=O)N(C)C(C)c2cc3ccccc3o2)[nH]c2c1C(=O)CCC2. The highest BCUT2D eigenvalue weighted by molar-refractivity contribution is 6.04. The van der Waals surface area contributed by atoms with Crippen molar-refractivity contribution < 1.29 is 14.0 Å². The second kappa shape index (κ2) is 6.16. The van der Waals surface area contributed by atoms with Crippen LogP contribution in [-0.2, 0) is 6.42 Å². The monoisotopic (exact) mass is 350 g/mol. The van der Waals surface area contributed by atoms with Crippen LogP contribution in [0.25, 0.3) is 11.0 Å². The van der Waals surface area contributed by atoms with Gasteiger partial charge in [0.05, 0.1) is 6.04 Å². The van der Waals surface area contributed by atoms with E-state index in [0.29, 0.717) is 17.7 Å². The lowest BCUT2D eigenvalue weighted by Gasteiger charge is -2.23. The number of carbonyl (C=O) groups is 2. The number of carbonyl (C=O) groups excluding carboxylic acids is 2. The fourth-order valence-corrected chi connectivity index (χ4v) is 3.74. The minimum absolute atomic E-state index is 0.127. The molecule has 1 aliphatic carbocycles. The Morgan fingerprint density at radius 3 is 2.77 bits per heavy atom. The smallest absolute Gasteiger partial charge is 0.270 e. The van der Waals surface area contributed by atoms with Gasteiger partial charge in [-0.3, -0.25) is 9.59 Å². The van der Waals surface area contributed by atoms with Crippen LogP contribution in [-0.4, -0.2) is 28.6 Å². The highest BCUT2D eigenvalue weighted by Gasteiger charge is 2.29. The molecule has 134 valence electrons. The van der Waals surface area contributed by atoms with Crippen LogP contribution in [0.4, 0.5) is 0 Å². The van der Waals surface area contributed by atoms with Gasteiger partial charge in [-0.2, -0.15) is 0 Å². The molecule has 1 unspecified atom stereocenters. The van der Waals surface area contributed by atoms with E-state index in [1.807, 2.05) is 44.2 Å². The predicted octanol–water partition coefficient (Wildman–Crippen LogP) is 4.42. The van der Waals surface area contributed by atoms with Crippen molar-refractivity contribution in [2.24, 2.45) is 0 Å². The molecule has 0 saturated heterocycles. The van der Waals surface area contributed by atoms with Crippen molar-refractivity contribution in [3.8, 4) is 0 Å². The molecule has 0 radical (unpaired) electrons. The summed E-state index contributed by atoms with van der Waals surface area (Å²) in [6, 6.07) is 9.56. The molecule has 2 aromatic heterocycles. The maximum Gasteiger partial charge on any atom is 0.270 e. The first kappa shape index (κ1) is 16.6. The molecule has 4 rings (SSSR count). The van der Waals surface area contributed by atoms with Crippen LogP contribution in [0.1, 0.15) is 63.7 Å². The Morgan fingerprint density at radius 2 is 2.04 bits per heavy atom. The number of fused-ring (bicyclic) bond motifs is 2. The van der Waals surface area contributed by atoms with Gasteiger partial charge in [0.1, 0.15) is 17.0 Å². The van der Waals surface area contributed by atoms with Gasteiger partial charge >= 0.3 is 0 Å². The van der Waals surface area contributed by atoms with E-state index in [1.165, 1.54) is 0 Å². The minimum Gasteiger partial charge on any atom is -0.459 e. The maximum absolute atomic E-state index is 13.1. The first-order valence-electron chi connectivity index (χ1n) is 8.97. The topological polar surface area (TPSA) is 66.3 Å². The summed E-state index contributed by atoms with van der Waals surface area (Å²) in [6.45, 7) is 3.80. The summed E-state index contributed by atoms with van der Waals surface area (Å²) in [5, 5.41) is 1.02. The summed E-state index contributed by atoms with van der Waals surface area (Å²) in [7, 11) is 1.77. The predicted molar refractivity (Wildman–Crippen MR) is 99.5 cm³/mol. The van der Waals surface area contributed by atoms with Crippen molar-refractivity contribution in [3.63, 3.8) is 0 Å². The summed E-state index contributed by atoms with van der Waals surface area (Å²) < 4.78 is 5.91. The zero-order valence-electron chi connectivity index (χ0n) is 15.3. The van der Waals surface area contributed by atoms with Crippen molar-refractivity contribution >= 4 is 22.7 Å². The summed E-state index contributed by atoms with van der Waals surface area (Å²) in [5.74, 6) is 0.747. The number of para-hydroxylation sites is 1. The Kier molecular flexibility index (Phi) is 3.94. The van der Waals surface area contributed by atoms with Crippen LogP contribution >= 0.6 is 0 Å². The third-order valence-electron chi connectivity index (χ3n) is 5.41. The van der Waals surface area contributed by atoms with Gasteiger partial charge in [-0.15, -0.1) is 0 Å². The van der Waals surface area contributed by atoms with E-state index in [0.717, 1.165) is 40.8 Å². The number of amides is 1. The molecule has 0 aliphatic heterocycles. The molecule has 1 atom stereocenters. The van der Waals surface area contributed by atoms with E-state index < -0.39 is 0 Å². The average molecular weight is 350 g/mol. The number of ketones is 1. The van der Waals surface area contributed by atoms with Crippen molar-refractivity contribution in [3.05, 3.63) is 58.6 Å². The van der Waals surface area contributed by atoms with Crippen LogP contribution in [0.3, 0.4) is 0 Å². The maximum atomic E-state index is 13.1. The largest absolute Gasteiger partial charge is 0.459 e. The number of nitrogens with one attached hydrogen (secondary N) is 1. The Bertz CT molecular complexity index is 979. The lowest BCUT2D eigenvalue weighted by atomic mass is 9.93. The Hall–Kier alpha value is -2.82. The van der Waals surface area contributed by atoms with Crippen LogP contribution in [0, 0.1) is 6.92 Å². The van der Waals surface area contributed by atoms with Gasteiger partial charge in [-0.25, -0.2) is 0 Å². The second-order valence-corrected chi connectivity index (χ2v) is 7.03. The van der Waals surface area contributed by atoms with Crippen molar-refractivity contribution in [1.82, 2.24) is 9.88 Å². The molecule has 0 bridgehead atoms. The van der Waals surface area contributed by atoms with Gasteiger partial charge in [0.25, 0.3) is 5.91 Å². The molecule has 2 heterocycles. The lowest BCUT2D eigenvalue weighted by Crippen LogP contribution is -2.30. The van der Waals surface area contributed by atoms with Gasteiger partial charge in [0.15, 0.2) is 5.78 Å². The van der Waals surface area contributed by atoms with E-state index in [-0.39, 0.29) is 17.7 Å².